The molecule has 1 aromatic heterocycles. The van der Waals surface area contributed by atoms with E-state index in [2.05, 4.69) is 5.32 Å². The molecule has 0 atom stereocenters. The van der Waals surface area contributed by atoms with Crippen LogP contribution in [0.25, 0.3) is 0 Å². The molecule has 20 heavy (non-hydrogen) atoms. The van der Waals surface area contributed by atoms with Gasteiger partial charge in [-0.1, -0.05) is 57.8 Å². The second-order valence-electron chi connectivity index (χ2n) is 5.91. The Hall–Kier alpha value is -1.25. The van der Waals surface area contributed by atoms with Crippen LogP contribution in [0.3, 0.4) is 0 Å². The maximum absolute atomic E-state index is 12.0. The first-order valence-corrected chi connectivity index (χ1v) is 8.20. The Balaban J connectivity index is 1.81. The van der Waals surface area contributed by atoms with Crippen molar-refractivity contribution in [2.75, 3.05) is 0 Å². The average molecular weight is 277 g/mol. The van der Waals surface area contributed by atoms with Crippen molar-refractivity contribution in [1.29, 1.82) is 0 Å². The molecule has 1 aliphatic rings. The van der Waals surface area contributed by atoms with Crippen molar-refractivity contribution in [3.63, 3.8) is 0 Å². The third-order valence-corrected chi connectivity index (χ3v) is 4.19. The van der Waals surface area contributed by atoms with Gasteiger partial charge in [0.25, 0.3) is 5.91 Å². The topological polar surface area (TPSA) is 42.2 Å². The number of hydrogen-bond acceptors (Lipinski definition) is 2. The molecular formula is C17H27NO2. The molecule has 1 aromatic rings. The van der Waals surface area contributed by atoms with Crippen LogP contribution in [-0.2, 0) is 0 Å². The van der Waals surface area contributed by atoms with Gasteiger partial charge < -0.3 is 9.73 Å². The highest BCUT2D eigenvalue weighted by Gasteiger charge is 2.15. The zero-order valence-corrected chi connectivity index (χ0v) is 12.4. The minimum Gasteiger partial charge on any atom is -0.459 e. The van der Waals surface area contributed by atoms with Crippen LogP contribution in [0.2, 0.25) is 0 Å². The fraction of sp³-hybridized carbons (Fsp3) is 0.706. The van der Waals surface area contributed by atoms with Gasteiger partial charge in [0.2, 0.25) is 0 Å². The molecule has 0 aromatic carbocycles. The summed E-state index contributed by atoms with van der Waals surface area (Å²) in [5.74, 6) is 0.364. The largest absolute Gasteiger partial charge is 0.459 e. The van der Waals surface area contributed by atoms with Gasteiger partial charge in [-0.05, 0) is 25.0 Å². The molecular weight excluding hydrogens is 250 g/mol. The molecule has 0 aliphatic heterocycles. The van der Waals surface area contributed by atoms with Crippen LogP contribution >= 0.6 is 0 Å². The van der Waals surface area contributed by atoms with Crippen molar-refractivity contribution < 1.29 is 9.21 Å². The molecule has 1 aliphatic carbocycles. The van der Waals surface area contributed by atoms with Crippen molar-refractivity contribution in [1.82, 2.24) is 5.32 Å². The van der Waals surface area contributed by atoms with Crippen molar-refractivity contribution in [3.05, 3.63) is 24.2 Å². The van der Waals surface area contributed by atoms with Gasteiger partial charge in [-0.15, -0.1) is 0 Å². The second kappa shape index (κ2) is 8.83. The summed E-state index contributed by atoms with van der Waals surface area (Å²) < 4.78 is 5.16. The Labute approximate surface area is 122 Å². The summed E-state index contributed by atoms with van der Waals surface area (Å²) in [6, 6.07) is 3.80. The summed E-state index contributed by atoms with van der Waals surface area (Å²) in [5.41, 5.74) is 0. The van der Waals surface area contributed by atoms with Crippen LogP contribution in [0, 0.1) is 0 Å². The lowest BCUT2D eigenvalue weighted by Crippen LogP contribution is -2.34. The lowest BCUT2D eigenvalue weighted by molar-refractivity contribution is 0.0903. The zero-order valence-electron chi connectivity index (χ0n) is 12.4. The molecule has 0 bridgehead atoms. The Morgan fingerprint density at radius 1 is 0.950 bits per heavy atom. The SMILES string of the molecule is O=C(NC1CCCCCCCCCCC1)c1ccco1. The summed E-state index contributed by atoms with van der Waals surface area (Å²) in [5, 5.41) is 3.14. The van der Waals surface area contributed by atoms with E-state index in [4.69, 9.17) is 4.42 Å². The Kier molecular flexibility index (Phi) is 6.69. The highest BCUT2D eigenvalue weighted by molar-refractivity contribution is 5.91. The molecule has 1 heterocycles. The fourth-order valence-electron chi connectivity index (χ4n) is 2.97. The van der Waals surface area contributed by atoms with Crippen LogP contribution < -0.4 is 5.32 Å². The molecule has 112 valence electrons. The van der Waals surface area contributed by atoms with E-state index in [1.165, 1.54) is 57.8 Å². The third-order valence-electron chi connectivity index (χ3n) is 4.19. The van der Waals surface area contributed by atoms with Gasteiger partial charge in [-0.2, -0.15) is 0 Å². The lowest BCUT2D eigenvalue weighted by atomic mass is 9.98. The molecule has 1 fully saturated rings. The summed E-state index contributed by atoms with van der Waals surface area (Å²) in [6.07, 6.45) is 15.7. The minimum absolute atomic E-state index is 0.0629. The third kappa shape index (κ3) is 5.40. The fourth-order valence-corrected chi connectivity index (χ4v) is 2.97. The van der Waals surface area contributed by atoms with Crippen LogP contribution in [0.1, 0.15) is 81.2 Å². The van der Waals surface area contributed by atoms with E-state index in [9.17, 15) is 4.79 Å². The van der Waals surface area contributed by atoms with Crippen molar-refractivity contribution in [2.45, 2.75) is 76.7 Å². The molecule has 3 heteroatoms. The molecule has 3 nitrogen and oxygen atoms in total. The van der Waals surface area contributed by atoms with E-state index < -0.39 is 0 Å². The van der Waals surface area contributed by atoms with Crippen molar-refractivity contribution in [3.8, 4) is 0 Å². The molecule has 0 radical (unpaired) electrons. The summed E-state index contributed by atoms with van der Waals surface area (Å²) in [4.78, 5) is 12.0. The first-order valence-electron chi connectivity index (χ1n) is 8.20. The number of furan rings is 1. The number of hydrogen-bond donors (Lipinski definition) is 1. The maximum atomic E-state index is 12.0. The number of carbonyl (C=O) groups excluding carboxylic acids is 1. The van der Waals surface area contributed by atoms with Crippen LogP contribution in [-0.4, -0.2) is 11.9 Å². The monoisotopic (exact) mass is 277 g/mol. The minimum atomic E-state index is -0.0629. The Bertz CT molecular complexity index is 360. The normalized spacial score (nSPS) is 19.8. The highest BCUT2D eigenvalue weighted by atomic mass is 16.3. The predicted octanol–water partition coefficient (Wildman–Crippen LogP) is 4.68. The zero-order chi connectivity index (χ0) is 14.0. The molecule has 0 saturated heterocycles. The smallest absolute Gasteiger partial charge is 0.287 e. The number of amides is 1. The van der Waals surface area contributed by atoms with E-state index in [0.717, 1.165) is 12.8 Å². The van der Waals surface area contributed by atoms with Gasteiger partial charge in [0.05, 0.1) is 6.26 Å². The average Bonchev–Trinajstić information content (AvgIpc) is 2.96. The predicted molar refractivity (Wildman–Crippen MR) is 80.7 cm³/mol. The van der Waals surface area contributed by atoms with E-state index in [-0.39, 0.29) is 5.91 Å². The molecule has 0 spiro atoms. The first-order chi connectivity index (χ1) is 9.86. The molecule has 0 unspecified atom stereocenters. The molecule has 1 N–H and O–H groups in total. The van der Waals surface area contributed by atoms with E-state index in [1.807, 2.05) is 0 Å². The number of nitrogens with one attached hydrogen (secondary N) is 1. The van der Waals surface area contributed by atoms with E-state index in [0.29, 0.717) is 11.8 Å². The molecule has 1 saturated carbocycles. The van der Waals surface area contributed by atoms with Gasteiger partial charge >= 0.3 is 0 Å². The van der Waals surface area contributed by atoms with Gasteiger partial charge in [-0.3, -0.25) is 4.79 Å². The van der Waals surface area contributed by atoms with E-state index in [1.54, 1.807) is 18.4 Å². The Morgan fingerprint density at radius 3 is 2.00 bits per heavy atom. The first kappa shape index (κ1) is 15.1. The summed E-state index contributed by atoms with van der Waals surface area (Å²) >= 11 is 0. The standard InChI is InChI=1S/C17H27NO2/c19-17(16-13-10-14-20-16)18-15-11-8-6-4-2-1-3-5-7-9-12-15/h10,13-15H,1-9,11-12H2,(H,18,19). The second-order valence-corrected chi connectivity index (χ2v) is 5.91. The van der Waals surface area contributed by atoms with Crippen LogP contribution in [0.15, 0.2) is 22.8 Å². The summed E-state index contributed by atoms with van der Waals surface area (Å²) in [6.45, 7) is 0. The van der Waals surface area contributed by atoms with Crippen molar-refractivity contribution >= 4 is 5.91 Å². The summed E-state index contributed by atoms with van der Waals surface area (Å²) in [7, 11) is 0. The lowest BCUT2D eigenvalue weighted by Gasteiger charge is -2.19. The maximum Gasteiger partial charge on any atom is 0.287 e. The van der Waals surface area contributed by atoms with Crippen LogP contribution in [0.4, 0.5) is 0 Å². The van der Waals surface area contributed by atoms with Gasteiger partial charge in [0.1, 0.15) is 0 Å². The quantitative estimate of drug-likeness (QED) is 0.852. The highest BCUT2D eigenvalue weighted by Crippen LogP contribution is 2.17. The van der Waals surface area contributed by atoms with E-state index >= 15 is 0 Å². The number of carbonyl (C=O) groups is 1. The number of rotatable bonds is 2. The van der Waals surface area contributed by atoms with Crippen LogP contribution in [0.5, 0.6) is 0 Å². The molecule has 1 amide bonds. The van der Waals surface area contributed by atoms with Gasteiger partial charge in [0, 0.05) is 6.04 Å². The Morgan fingerprint density at radius 2 is 1.50 bits per heavy atom. The van der Waals surface area contributed by atoms with Crippen molar-refractivity contribution in [2.24, 2.45) is 0 Å². The van der Waals surface area contributed by atoms with Gasteiger partial charge in [-0.25, -0.2) is 0 Å². The van der Waals surface area contributed by atoms with Gasteiger partial charge in [0.15, 0.2) is 5.76 Å². The molecule has 2 rings (SSSR count).